The van der Waals surface area contributed by atoms with E-state index in [9.17, 15) is 9.18 Å². The number of benzene rings is 3. The second-order valence-electron chi connectivity index (χ2n) is 6.80. The molecule has 0 bridgehead atoms. The van der Waals surface area contributed by atoms with Gasteiger partial charge in [0, 0.05) is 5.56 Å². The highest BCUT2D eigenvalue weighted by Gasteiger charge is 2.16. The molecule has 4 aromatic rings. The van der Waals surface area contributed by atoms with Crippen LogP contribution in [0.15, 0.2) is 66.7 Å². The minimum absolute atomic E-state index is 0.282. The Kier molecular flexibility index (Phi) is 4.65. The van der Waals surface area contributed by atoms with Crippen LogP contribution >= 0.6 is 0 Å². The third-order valence-corrected chi connectivity index (χ3v) is 4.93. The highest BCUT2D eigenvalue weighted by atomic mass is 19.1. The molecule has 0 unspecified atom stereocenters. The summed E-state index contributed by atoms with van der Waals surface area (Å²) in [4.78, 5) is 12.5. The Hall–Kier alpha value is -3.47. The molecule has 0 aliphatic carbocycles. The van der Waals surface area contributed by atoms with Crippen molar-refractivity contribution in [2.75, 3.05) is 5.32 Å². The summed E-state index contributed by atoms with van der Waals surface area (Å²) in [7, 11) is 0. The third-order valence-electron chi connectivity index (χ3n) is 4.93. The SMILES string of the molecule is Cc1nn(Cc2cccc3ccccc23)c(C)c1NC(=O)c1ccc(F)cc1. The van der Waals surface area contributed by atoms with E-state index >= 15 is 0 Å². The summed E-state index contributed by atoms with van der Waals surface area (Å²) in [6.45, 7) is 4.42. The normalized spacial score (nSPS) is 11.0. The zero-order chi connectivity index (χ0) is 19.7. The van der Waals surface area contributed by atoms with Crippen LogP contribution in [0, 0.1) is 19.7 Å². The van der Waals surface area contributed by atoms with Gasteiger partial charge in [-0.25, -0.2) is 4.39 Å². The predicted molar refractivity (Wildman–Crippen MR) is 109 cm³/mol. The predicted octanol–water partition coefficient (Wildman–Crippen LogP) is 5.09. The number of fused-ring (bicyclic) bond motifs is 1. The van der Waals surface area contributed by atoms with Crippen molar-refractivity contribution in [1.29, 1.82) is 0 Å². The fraction of sp³-hybridized carbons (Fsp3) is 0.130. The lowest BCUT2D eigenvalue weighted by atomic mass is 10.0. The second-order valence-corrected chi connectivity index (χ2v) is 6.80. The highest BCUT2D eigenvalue weighted by molar-refractivity contribution is 6.04. The van der Waals surface area contributed by atoms with E-state index in [-0.39, 0.29) is 11.7 Å². The molecular weight excluding hydrogens is 353 g/mol. The third kappa shape index (κ3) is 3.39. The lowest BCUT2D eigenvalue weighted by Gasteiger charge is -2.09. The van der Waals surface area contributed by atoms with Crippen LogP contribution in [-0.4, -0.2) is 15.7 Å². The number of nitrogens with one attached hydrogen (secondary N) is 1. The minimum atomic E-state index is -0.369. The van der Waals surface area contributed by atoms with Crippen molar-refractivity contribution in [3.05, 3.63) is 95.1 Å². The lowest BCUT2D eigenvalue weighted by molar-refractivity contribution is 0.102. The molecule has 4 rings (SSSR count). The summed E-state index contributed by atoms with van der Waals surface area (Å²) in [5, 5.41) is 9.90. The number of carbonyl (C=O) groups excluding carboxylic acids is 1. The second kappa shape index (κ2) is 7.27. The number of amides is 1. The van der Waals surface area contributed by atoms with Crippen LogP contribution in [0.4, 0.5) is 10.1 Å². The molecule has 1 aromatic heterocycles. The number of carbonyl (C=O) groups is 1. The van der Waals surface area contributed by atoms with Crippen molar-refractivity contribution >= 4 is 22.4 Å². The van der Waals surface area contributed by atoms with E-state index in [0.717, 1.165) is 11.4 Å². The van der Waals surface area contributed by atoms with Gasteiger partial charge in [-0.2, -0.15) is 5.10 Å². The van der Waals surface area contributed by atoms with Gasteiger partial charge >= 0.3 is 0 Å². The number of hydrogen-bond acceptors (Lipinski definition) is 2. The largest absolute Gasteiger partial charge is 0.319 e. The summed E-state index contributed by atoms with van der Waals surface area (Å²) >= 11 is 0. The first-order valence-corrected chi connectivity index (χ1v) is 9.10. The van der Waals surface area contributed by atoms with Gasteiger partial charge in [-0.3, -0.25) is 9.48 Å². The van der Waals surface area contributed by atoms with Crippen LogP contribution in [-0.2, 0) is 6.54 Å². The van der Waals surface area contributed by atoms with Crippen molar-refractivity contribution in [2.24, 2.45) is 0 Å². The molecule has 1 N–H and O–H groups in total. The van der Waals surface area contributed by atoms with Gasteiger partial charge in [-0.1, -0.05) is 42.5 Å². The smallest absolute Gasteiger partial charge is 0.255 e. The Balaban J connectivity index is 1.62. The van der Waals surface area contributed by atoms with Crippen LogP contribution in [0.1, 0.15) is 27.3 Å². The van der Waals surface area contributed by atoms with Gasteiger partial charge in [0.25, 0.3) is 5.91 Å². The van der Waals surface area contributed by atoms with E-state index in [1.807, 2.05) is 36.7 Å². The van der Waals surface area contributed by atoms with E-state index in [0.29, 0.717) is 17.8 Å². The fourth-order valence-electron chi connectivity index (χ4n) is 3.41. The Morgan fingerprint density at radius 2 is 1.71 bits per heavy atom. The standard InChI is InChI=1S/C23H20FN3O/c1-15-22(25-23(28)18-10-12-20(24)13-11-18)16(2)27(26-15)14-19-8-5-7-17-6-3-4-9-21(17)19/h3-13H,14H2,1-2H3,(H,25,28). The maximum Gasteiger partial charge on any atom is 0.255 e. The van der Waals surface area contributed by atoms with Crippen molar-refractivity contribution < 1.29 is 9.18 Å². The van der Waals surface area contributed by atoms with Gasteiger partial charge in [-0.15, -0.1) is 0 Å². The summed E-state index contributed by atoms with van der Waals surface area (Å²) in [5.41, 5.74) is 3.88. The average Bonchev–Trinajstić information content (AvgIpc) is 2.96. The zero-order valence-corrected chi connectivity index (χ0v) is 15.7. The van der Waals surface area contributed by atoms with Crippen LogP contribution in [0.25, 0.3) is 10.8 Å². The molecular formula is C23H20FN3O. The van der Waals surface area contributed by atoms with E-state index in [2.05, 4.69) is 34.7 Å². The number of aromatic nitrogens is 2. The Labute approximate surface area is 162 Å². The molecule has 0 radical (unpaired) electrons. The molecule has 0 atom stereocenters. The molecule has 3 aromatic carbocycles. The van der Waals surface area contributed by atoms with Crippen LogP contribution in [0.2, 0.25) is 0 Å². The topological polar surface area (TPSA) is 46.9 Å². The van der Waals surface area contributed by atoms with Crippen molar-refractivity contribution in [1.82, 2.24) is 9.78 Å². The number of rotatable bonds is 4. The quantitative estimate of drug-likeness (QED) is 0.541. The molecule has 1 amide bonds. The van der Waals surface area contributed by atoms with Gasteiger partial charge in [0.1, 0.15) is 5.82 Å². The minimum Gasteiger partial charge on any atom is -0.319 e. The maximum absolute atomic E-state index is 13.1. The molecule has 0 saturated heterocycles. The molecule has 140 valence electrons. The monoisotopic (exact) mass is 373 g/mol. The van der Waals surface area contributed by atoms with Gasteiger partial charge in [0.05, 0.1) is 23.6 Å². The molecule has 1 heterocycles. The molecule has 0 fully saturated rings. The summed E-state index contributed by atoms with van der Waals surface area (Å²) in [5.74, 6) is -0.650. The lowest BCUT2D eigenvalue weighted by Crippen LogP contribution is -2.13. The highest BCUT2D eigenvalue weighted by Crippen LogP contribution is 2.24. The first-order valence-electron chi connectivity index (χ1n) is 9.10. The molecule has 4 nitrogen and oxygen atoms in total. The fourth-order valence-corrected chi connectivity index (χ4v) is 3.41. The van der Waals surface area contributed by atoms with Gasteiger partial charge < -0.3 is 5.32 Å². The summed E-state index contributed by atoms with van der Waals surface area (Å²) < 4.78 is 15.0. The van der Waals surface area contributed by atoms with E-state index in [1.165, 1.54) is 40.6 Å². The Morgan fingerprint density at radius 3 is 2.50 bits per heavy atom. The summed E-state index contributed by atoms with van der Waals surface area (Å²) in [6, 6.07) is 20.0. The van der Waals surface area contributed by atoms with Crippen molar-refractivity contribution in [2.45, 2.75) is 20.4 Å². The van der Waals surface area contributed by atoms with E-state index in [1.54, 1.807) is 0 Å². The summed E-state index contributed by atoms with van der Waals surface area (Å²) in [6.07, 6.45) is 0. The van der Waals surface area contributed by atoms with E-state index in [4.69, 9.17) is 0 Å². The van der Waals surface area contributed by atoms with Gasteiger partial charge in [-0.05, 0) is 54.4 Å². The maximum atomic E-state index is 13.1. The number of nitrogens with zero attached hydrogens (tertiary/aromatic N) is 2. The van der Waals surface area contributed by atoms with Crippen molar-refractivity contribution in [3.8, 4) is 0 Å². The number of halogens is 1. The average molecular weight is 373 g/mol. The van der Waals surface area contributed by atoms with Crippen LogP contribution in [0.3, 0.4) is 0 Å². The Bertz CT molecular complexity index is 1160. The zero-order valence-electron chi connectivity index (χ0n) is 15.7. The molecule has 0 aliphatic rings. The molecule has 0 saturated carbocycles. The first-order chi connectivity index (χ1) is 13.5. The Morgan fingerprint density at radius 1 is 1.00 bits per heavy atom. The van der Waals surface area contributed by atoms with Gasteiger partial charge in [0.2, 0.25) is 0 Å². The molecule has 0 aliphatic heterocycles. The number of aryl methyl sites for hydroxylation is 1. The van der Waals surface area contributed by atoms with Gasteiger partial charge in [0.15, 0.2) is 0 Å². The van der Waals surface area contributed by atoms with E-state index < -0.39 is 0 Å². The molecule has 0 spiro atoms. The van der Waals surface area contributed by atoms with Crippen LogP contribution < -0.4 is 5.32 Å². The van der Waals surface area contributed by atoms with Crippen molar-refractivity contribution in [3.63, 3.8) is 0 Å². The number of hydrogen-bond donors (Lipinski definition) is 1. The number of anilines is 1. The molecule has 28 heavy (non-hydrogen) atoms. The van der Waals surface area contributed by atoms with Crippen LogP contribution in [0.5, 0.6) is 0 Å². The molecule has 5 heteroatoms. The first kappa shape index (κ1) is 17.9.